The zero-order valence-electron chi connectivity index (χ0n) is 25.0. The maximum Gasteiger partial charge on any atom is 0.405 e. The second-order valence-electron chi connectivity index (χ2n) is 10.7. The highest BCUT2D eigenvalue weighted by atomic mass is 16.6. The molecule has 2 aliphatic rings. The molecule has 2 amide bonds. The summed E-state index contributed by atoms with van der Waals surface area (Å²) in [5.74, 6) is -4.85. The van der Waals surface area contributed by atoms with Gasteiger partial charge in [0, 0.05) is 37.7 Å². The lowest BCUT2D eigenvalue weighted by Crippen LogP contribution is -2.39. The molecule has 42 heavy (non-hydrogen) atoms. The van der Waals surface area contributed by atoms with E-state index in [-0.39, 0.29) is 42.1 Å². The maximum absolute atomic E-state index is 13.0. The van der Waals surface area contributed by atoms with E-state index in [0.29, 0.717) is 5.57 Å². The van der Waals surface area contributed by atoms with Crippen LogP contribution >= 0.6 is 0 Å². The standard InChI is InChI=1S/C29H42N2O11/c1-13-8-18-23(34)21(24(35)25(36)27(18)41-7)31-28(37)16(4)11-17(32)12-20(40-6)26(42-29(30)38)15(3)10-14(2)22(33)19(9-13)39-5/h10-11,13-14,17,19-20,22,26,32-34H,8-9,12H2,1-7H3,(H2,30,38)(H,31,37)/b15-10+,16-11+/t13-,14+,17+,19+,20+,22-,26+/m1/s1. The van der Waals surface area contributed by atoms with E-state index < -0.39 is 71.5 Å². The van der Waals surface area contributed by atoms with Crippen LogP contribution in [-0.2, 0) is 33.3 Å². The van der Waals surface area contributed by atoms with Crippen LogP contribution < -0.4 is 11.1 Å². The molecule has 2 rings (SSSR count). The molecule has 234 valence electrons. The summed E-state index contributed by atoms with van der Waals surface area (Å²) >= 11 is 0. The zero-order valence-corrected chi connectivity index (χ0v) is 25.0. The molecule has 0 saturated carbocycles. The predicted molar refractivity (Wildman–Crippen MR) is 150 cm³/mol. The highest BCUT2D eigenvalue weighted by Crippen LogP contribution is 2.32. The van der Waals surface area contributed by atoms with Gasteiger partial charge in [-0.25, -0.2) is 4.79 Å². The minimum absolute atomic E-state index is 0.0204. The van der Waals surface area contributed by atoms with Gasteiger partial charge in [-0.1, -0.05) is 19.9 Å². The molecule has 0 fully saturated rings. The summed E-state index contributed by atoms with van der Waals surface area (Å²) in [6.45, 7) is 6.57. The first-order valence-electron chi connectivity index (χ1n) is 13.5. The highest BCUT2D eigenvalue weighted by Gasteiger charge is 2.38. The fourth-order valence-corrected chi connectivity index (χ4v) is 5.20. The highest BCUT2D eigenvalue weighted by molar-refractivity contribution is 6.50. The lowest BCUT2D eigenvalue weighted by molar-refractivity contribution is -0.135. The third kappa shape index (κ3) is 8.28. The molecule has 13 nitrogen and oxygen atoms in total. The SMILES string of the molecule is COC1=C2C[C@@H](C)C[C@H](OC)[C@H](O)[C@@H](C)/C=C(\C)[C@H](OC(N)=O)[C@@H](OC)C[C@@H](O)/C=C(\C)C(=O)NC(=C2O)C(=O)C1=O. The number of allylic oxidation sites excluding steroid dienone is 3. The summed E-state index contributed by atoms with van der Waals surface area (Å²) < 4.78 is 21.6. The van der Waals surface area contributed by atoms with Crippen LogP contribution in [0.25, 0.3) is 0 Å². The van der Waals surface area contributed by atoms with Gasteiger partial charge in [-0.05, 0) is 44.3 Å². The number of hydrogen-bond acceptors (Lipinski definition) is 11. The average Bonchev–Trinajstić information content (AvgIpc) is 2.93. The summed E-state index contributed by atoms with van der Waals surface area (Å²) in [7, 11) is 3.98. The zero-order chi connectivity index (χ0) is 31.9. The van der Waals surface area contributed by atoms with Crippen LogP contribution in [0.5, 0.6) is 0 Å². The first-order valence-corrected chi connectivity index (χ1v) is 13.5. The molecule has 0 aromatic rings. The van der Waals surface area contributed by atoms with E-state index in [1.165, 1.54) is 34.3 Å². The quantitative estimate of drug-likeness (QED) is 0.179. The van der Waals surface area contributed by atoms with Crippen molar-refractivity contribution in [2.75, 3.05) is 21.3 Å². The third-order valence-corrected chi connectivity index (χ3v) is 7.42. The first-order chi connectivity index (χ1) is 19.7. The van der Waals surface area contributed by atoms with Gasteiger partial charge in [0.2, 0.25) is 0 Å². The molecule has 1 heterocycles. The normalized spacial score (nSPS) is 33.4. The number of carbonyl (C=O) groups excluding carboxylic acids is 4. The van der Waals surface area contributed by atoms with Crippen molar-refractivity contribution in [2.24, 2.45) is 17.6 Å². The van der Waals surface area contributed by atoms with Crippen molar-refractivity contribution in [3.8, 4) is 0 Å². The van der Waals surface area contributed by atoms with Crippen LogP contribution in [0.1, 0.15) is 47.0 Å². The largest absolute Gasteiger partial charge is 0.505 e. The number of primary amides is 1. The Balaban J connectivity index is 2.67. The van der Waals surface area contributed by atoms with E-state index >= 15 is 0 Å². The van der Waals surface area contributed by atoms with E-state index in [0.717, 1.165) is 0 Å². The average molecular weight is 595 g/mol. The summed E-state index contributed by atoms with van der Waals surface area (Å²) in [5.41, 5.74) is 5.17. The molecule has 0 spiro atoms. The van der Waals surface area contributed by atoms with Gasteiger partial charge in [0.05, 0.1) is 25.4 Å². The van der Waals surface area contributed by atoms with Crippen LogP contribution in [0, 0.1) is 11.8 Å². The van der Waals surface area contributed by atoms with Crippen LogP contribution in [0.2, 0.25) is 0 Å². The van der Waals surface area contributed by atoms with Crippen molar-refractivity contribution in [2.45, 2.75) is 77.5 Å². The molecule has 0 aromatic heterocycles. The Kier molecular flexibility index (Phi) is 12.5. The molecule has 2 bridgehead atoms. The van der Waals surface area contributed by atoms with Gasteiger partial charge in [-0.2, -0.15) is 0 Å². The van der Waals surface area contributed by atoms with Crippen molar-refractivity contribution < 1.29 is 53.4 Å². The minimum Gasteiger partial charge on any atom is -0.505 e. The number of rotatable bonds is 4. The molecular formula is C29H42N2O11. The van der Waals surface area contributed by atoms with E-state index in [9.17, 15) is 34.5 Å². The topological polar surface area (TPSA) is 204 Å². The fraction of sp³-hybridized carbons (Fsp3) is 0.586. The van der Waals surface area contributed by atoms with Crippen LogP contribution in [0.15, 0.2) is 46.1 Å². The number of hydrogen-bond donors (Lipinski definition) is 5. The maximum atomic E-state index is 13.0. The Labute approximate surface area is 245 Å². The van der Waals surface area contributed by atoms with Gasteiger partial charge in [0.1, 0.15) is 17.6 Å². The van der Waals surface area contributed by atoms with Crippen molar-refractivity contribution in [3.63, 3.8) is 0 Å². The fourth-order valence-electron chi connectivity index (χ4n) is 5.20. The van der Waals surface area contributed by atoms with Crippen molar-refractivity contribution in [3.05, 3.63) is 46.1 Å². The number of carbonyl (C=O) groups is 4. The number of methoxy groups -OCH3 is 3. The van der Waals surface area contributed by atoms with Gasteiger partial charge in [-0.15, -0.1) is 0 Å². The summed E-state index contributed by atoms with van der Waals surface area (Å²) in [4.78, 5) is 50.3. The number of nitrogens with two attached hydrogens (primary N) is 1. The number of Topliss-reactive ketones (excluding diaryl/α,β-unsaturated/α-hetero) is 2. The number of aliphatic hydroxyl groups is 3. The predicted octanol–water partition coefficient (Wildman–Crippen LogP) is 1.49. The number of amides is 2. The summed E-state index contributed by atoms with van der Waals surface area (Å²) in [6, 6.07) is 0. The van der Waals surface area contributed by atoms with Gasteiger partial charge in [0.25, 0.3) is 17.5 Å². The second-order valence-corrected chi connectivity index (χ2v) is 10.7. The third-order valence-electron chi connectivity index (χ3n) is 7.42. The Morgan fingerprint density at radius 3 is 2.14 bits per heavy atom. The van der Waals surface area contributed by atoms with Gasteiger partial charge < -0.3 is 45.3 Å². The van der Waals surface area contributed by atoms with E-state index in [1.54, 1.807) is 26.8 Å². The van der Waals surface area contributed by atoms with Crippen molar-refractivity contribution in [1.82, 2.24) is 5.32 Å². The molecule has 7 atom stereocenters. The molecular weight excluding hydrogens is 552 g/mol. The Morgan fingerprint density at radius 2 is 1.60 bits per heavy atom. The van der Waals surface area contributed by atoms with Gasteiger partial charge >= 0.3 is 6.09 Å². The Bertz CT molecular complexity index is 1190. The number of ether oxygens (including phenoxy) is 4. The minimum atomic E-state index is -1.29. The van der Waals surface area contributed by atoms with E-state index in [2.05, 4.69) is 5.32 Å². The molecule has 0 aromatic carbocycles. The lowest BCUT2D eigenvalue weighted by Gasteiger charge is -2.30. The van der Waals surface area contributed by atoms with Gasteiger partial charge in [-0.3, -0.25) is 14.4 Å². The molecule has 0 radical (unpaired) electrons. The van der Waals surface area contributed by atoms with Crippen molar-refractivity contribution in [1.29, 1.82) is 0 Å². The number of aliphatic hydroxyl groups excluding tert-OH is 3. The van der Waals surface area contributed by atoms with Crippen LogP contribution in [-0.4, -0.2) is 90.7 Å². The number of fused-ring (bicyclic) bond motifs is 1. The molecule has 6 N–H and O–H groups in total. The monoisotopic (exact) mass is 594 g/mol. The summed E-state index contributed by atoms with van der Waals surface area (Å²) in [6.07, 6.45) is -3.02. The molecule has 13 heteroatoms. The van der Waals surface area contributed by atoms with Crippen LogP contribution in [0.3, 0.4) is 0 Å². The number of nitrogens with one attached hydrogen (secondary N) is 1. The molecule has 1 aliphatic heterocycles. The van der Waals surface area contributed by atoms with Crippen LogP contribution in [0.4, 0.5) is 4.79 Å². The van der Waals surface area contributed by atoms with Gasteiger partial charge in [0.15, 0.2) is 11.9 Å². The van der Waals surface area contributed by atoms with E-state index in [1.807, 2.05) is 0 Å². The smallest absolute Gasteiger partial charge is 0.405 e. The Morgan fingerprint density at radius 1 is 0.976 bits per heavy atom. The number of ketones is 2. The first kappa shape index (κ1) is 34.7. The Hall–Kier alpha value is -3.52. The van der Waals surface area contributed by atoms with E-state index in [4.69, 9.17) is 24.7 Å². The molecule has 0 saturated heterocycles. The summed E-state index contributed by atoms with van der Waals surface area (Å²) in [5, 5.41) is 35.2. The second kappa shape index (κ2) is 15.1. The molecule has 1 aliphatic carbocycles. The van der Waals surface area contributed by atoms with Crippen molar-refractivity contribution >= 4 is 23.6 Å². The lowest BCUT2D eigenvalue weighted by atomic mass is 9.85. The molecule has 0 unspecified atom stereocenters.